The summed E-state index contributed by atoms with van der Waals surface area (Å²) in [7, 11) is -3.63. The summed E-state index contributed by atoms with van der Waals surface area (Å²) < 4.78 is 66.5. The van der Waals surface area contributed by atoms with Gasteiger partial charge in [0.05, 0.1) is 5.69 Å². The fourth-order valence-electron chi connectivity index (χ4n) is 3.95. The first-order chi connectivity index (χ1) is 17.9. The van der Waals surface area contributed by atoms with Crippen LogP contribution in [0.1, 0.15) is 28.0 Å². The first-order valence-corrected chi connectivity index (χ1v) is 13.4. The Balaban J connectivity index is 1.53. The highest BCUT2D eigenvalue weighted by Gasteiger charge is 2.33. The predicted octanol–water partition coefficient (Wildman–Crippen LogP) is 1.87. The van der Waals surface area contributed by atoms with Crippen molar-refractivity contribution in [2.24, 2.45) is 0 Å². The highest BCUT2D eigenvalue weighted by molar-refractivity contribution is 7.91. The van der Waals surface area contributed by atoms with Crippen molar-refractivity contribution in [2.75, 3.05) is 23.9 Å². The highest BCUT2D eigenvalue weighted by Crippen LogP contribution is 2.28. The lowest BCUT2D eigenvalue weighted by Gasteiger charge is -2.23. The van der Waals surface area contributed by atoms with E-state index in [2.05, 4.69) is 25.7 Å². The molecular weight excluding hydrogens is 529 g/mol. The van der Waals surface area contributed by atoms with E-state index in [-0.39, 0.29) is 29.0 Å². The summed E-state index contributed by atoms with van der Waals surface area (Å²) >= 11 is 0. The highest BCUT2D eigenvalue weighted by atomic mass is 32.2. The summed E-state index contributed by atoms with van der Waals surface area (Å²) in [6.07, 6.45) is 0.349. The molecule has 3 aromatic rings. The number of rotatable bonds is 9. The molecule has 0 saturated carbocycles. The lowest BCUT2D eigenvalue weighted by molar-refractivity contribution is -0.153. The van der Waals surface area contributed by atoms with Crippen molar-refractivity contribution in [1.29, 1.82) is 0 Å². The number of fused-ring (bicyclic) bond motifs is 1. The lowest BCUT2D eigenvalue weighted by atomic mass is 9.96. The van der Waals surface area contributed by atoms with Crippen LogP contribution in [0.25, 0.3) is 5.82 Å². The van der Waals surface area contributed by atoms with Gasteiger partial charge in [-0.25, -0.2) is 18.4 Å². The number of benzene rings is 1. The number of nitrogens with one attached hydrogen (secondary N) is 2. The zero-order valence-electron chi connectivity index (χ0n) is 20.0. The van der Waals surface area contributed by atoms with Crippen LogP contribution in [0.5, 0.6) is 5.75 Å². The number of hydrogen-bond donors (Lipinski definition) is 2. The molecule has 1 aromatic carbocycles. The maximum atomic E-state index is 13.1. The van der Waals surface area contributed by atoms with Gasteiger partial charge < -0.3 is 15.4 Å². The van der Waals surface area contributed by atoms with E-state index >= 15 is 0 Å². The number of carbonyl (C=O) groups is 2. The molecule has 0 bridgehead atoms. The number of aryl methyl sites for hydroxylation is 1. The van der Waals surface area contributed by atoms with E-state index in [1.807, 2.05) is 0 Å². The molecule has 0 spiro atoms. The molecule has 2 N–H and O–H groups in total. The van der Waals surface area contributed by atoms with Crippen LogP contribution in [0.15, 0.2) is 42.9 Å². The van der Waals surface area contributed by atoms with Gasteiger partial charge in [0.15, 0.2) is 28.1 Å². The van der Waals surface area contributed by atoms with Crippen LogP contribution in [0.4, 0.5) is 19.0 Å². The van der Waals surface area contributed by atoms with Crippen LogP contribution in [0.3, 0.4) is 0 Å². The molecule has 1 aliphatic heterocycles. The Labute approximate surface area is 215 Å². The summed E-state index contributed by atoms with van der Waals surface area (Å²) in [5.74, 6) is -1.82. The van der Waals surface area contributed by atoms with E-state index in [0.717, 1.165) is 11.8 Å². The maximum Gasteiger partial charge on any atom is 0.422 e. The minimum Gasteiger partial charge on any atom is -0.484 e. The monoisotopic (exact) mass is 552 g/mol. The summed E-state index contributed by atoms with van der Waals surface area (Å²) in [4.78, 5) is 33.4. The van der Waals surface area contributed by atoms with E-state index in [1.54, 1.807) is 12.1 Å². The Hall–Kier alpha value is -4.01. The fourth-order valence-corrected chi connectivity index (χ4v) is 4.50. The fraction of sp³-hybridized carbons (Fsp3) is 0.348. The van der Waals surface area contributed by atoms with Gasteiger partial charge in [-0.2, -0.15) is 23.0 Å². The van der Waals surface area contributed by atoms with E-state index in [1.165, 1.54) is 35.4 Å². The molecule has 11 nitrogen and oxygen atoms in total. The molecule has 0 radical (unpaired) electrons. The molecule has 2 amide bonds. The molecular formula is C23H23F3N6O5S. The number of ether oxygens (including phenoxy) is 1. The van der Waals surface area contributed by atoms with E-state index in [0.29, 0.717) is 25.0 Å². The SMILES string of the molecule is CS(=O)(=O)CC(=O)Nc1c2c(nn1-c1ccncn1)C[C@H](CCc1cccc(OCC(F)(F)F)c1)NC2=O. The smallest absolute Gasteiger partial charge is 0.422 e. The standard InChI is InChI=1S/C23H23F3N6O5S/c1-38(35,36)11-19(33)30-21-20-17(31-32(21)18-7-8-27-13-28-18)10-15(29-22(20)34)6-5-14-3-2-4-16(9-14)37-12-23(24,25)26/h2-4,7-9,13,15H,5-6,10-12H2,1H3,(H,29,34)(H,30,33)/t15-/m0/s1. The van der Waals surface area contributed by atoms with Gasteiger partial charge in [0.2, 0.25) is 5.91 Å². The van der Waals surface area contributed by atoms with Crippen molar-refractivity contribution in [2.45, 2.75) is 31.5 Å². The molecule has 1 aliphatic rings. The number of anilines is 1. The minimum atomic E-state index is -4.45. The Kier molecular flexibility index (Phi) is 7.66. The molecule has 4 rings (SSSR count). The molecule has 0 fully saturated rings. The van der Waals surface area contributed by atoms with Crippen LogP contribution < -0.4 is 15.4 Å². The van der Waals surface area contributed by atoms with E-state index in [4.69, 9.17) is 4.74 Å². The number of sulfone groups is 1. The van der Waals surface area contributed by atoms with Crippen molar-refractivity contribution < 1.29 is 35.9 Å². The number of carbonyl (C=O) groups excluding carboxylic acids is 2. The maximum absolute atomic E-state index is 13.1. The number of nitrogens with zero attached hydrogens (tertiary/aromatic N) is 4. The summed E-state index contributed by atoms with van der Waals surface area (Å²) in [5.41, 5.74) is 1.18. The molecule has 3 heterocycles. The Morgan fingerprint density at radius 3 is 2.76 bits per heavy atom. The Bertz CT molecular complexity index is 1440. The third-order valence-electron chi connectivity index (χ3n) is 5.48. The molecule has 1 atom stereocenters. The lowest BCUT2D eigenvalue weighted by Crippen LogP contribution is -2.41. The second-order valence-electron chi connectivity index (χ2n) is 8.73. The largest absolute Gasteiger partial charge is 0.484 e. The third-order valence-corrected chi connectivity index (χ3v) is 6.26. The normalized spacial score (nSPS) is 15.5. The second kappa shape index (κ2) is 10.8. The van der Waals surface area contributed by atoms with Gasteiger partial charge in [-0.3, -0.25) is 9.59 Å². The summed E-state index contributed by atoms with van der Waals surface area (Å²) in [5, 5.41) is 9.79. The van der Waals surface area contributed by atoms with E-state index < -0.39 is 40.2 Å². The van der Waals surface area contributed by atoms with Crippen molar-refractivity contribution in [3.8, 4) is 11.6 Å². The van der Waals surface area contributed by atoms with Crippen LogP contribution in [-0.2, 0) is 27.5 Å². The van der Waals surface area contributed by atoms with Gasteiger partial charge in [0, 0.05) is 31.0 Å². The predicted molar refractivity (Wildman–Crippen MR) is 129 cm³/mol. The summed E-state index contributed by atoms with van der Waals surface area (Å²) in [6, 6.07) is 7.43. The molecule has 38 heavy (non-hydrogen) atoms. The van der Waals surface area contributed by atoms with Crippen LogP contribution in [-0.4, -0.2) is 70.8 Å². The summed E-state index contributed by atoms with van der Waals surface area (Å²) in [6.45, 7) is -1.39. The minimum absolute atomic E-state index is 0.0159. The Morgan fingerprint density at radius 2 is 2.08 bits per heavy atom. The number of aromatic nitrogens is 4. The zero-order valence-corrected chi connectivity index (χ0v) is 20.8. The van der Waals surface area contributed by atoms with Crippen LogP contribution in [0, 0.1) is 0 Å². The van der Waals surface area contributed by atoms with Gasteiger partial charge in [-0.15, -0.1) is 0 Å². The van der Waals surface area contributed by atoms with Gasteiger partial charge in [-0.1, -0.05) is 12.1 Å². The van der Waals surface area contributed by atoms with E-state index in [9.17, 15) is 31.2 Å². The number of alkyl halides is 3. The first-order valence-electron chi connectivity index (χ1n) is 11.3. The van der Waals surface area contributed by atoms with Gasteiger partial charge >= 0.3 is 6.18 Å². The molecule has 2 aromatic heterocycles. The first kappa shape index (κ1) is 27.0. The van der Waals surface area contributed by atoms with Crippen LogP contribution in [0.2, 0.25) is 0 Å². The van der Waals surface area contributed by atoms with Gasteiger partial charge in [-0.05, 0) is 30.5 Å². The average Bonchev–Trinajstić information content (AvgIpc) is 3.19. The molecule has 0 saturated heterocycles. The number of hydrogen-bond acceptors (Lipinski definition) is 8. The molecule has 0 aliphatic carbocycles. The molecule has 202 valence electrons. The van der Waals surface area contributed by atoms with Crippen molar-refractivity contribution in [1.82, 2.24) is 25.1 Å². The second-order valence-corrected chi connectivity index (χ2v) is 10.9. The Morgan fingerprint density at radius 1 is 1.29 bits per heavy atom. The van der Waals surface area contributed by atoms with Crippen molar-refractivity contribution in [3.63, 3.8) is 0 Å². The number of halogens is 3. The quantitative estimate of drug-likeness (QED) is 0.409. The van der Waals surface area contributed by atoms with Crippen molar-refractivity contribution >= 4 is 27.5 Å². The van der Waals surface area contributed by atoms with Crippen molar-refractivity contribution in [3.05, 3.63) is 59.7 Å². The average molecular weight is 553 g/mol. The zero-order chi connectivity index (χ0) is 27.5. The molecule has 15 heteroatoms. The topological polar surface area (TPSA) is 145 Å². The number of amides is 2. The van der Waals surface area contributed by atoms with Gasteiger partial charge in [0.1, 0.15) is 23.4 Å². The molecule has 0 unspecified atom stereocenters. The van der Waals surface area contributed by atoms with Gasteiger partial charge in [0.25, 0.3) is 5.91 Å². The third kappa shape index (κ3) is 7.06. The van der Waals surface area contributed by atoms with Crippen LogP contribution >= 0.6 is 0 Å².